The number of carbonyl (C=O) groups is 1. The van der Waals surface area contributed by atoms with Gasteiger partial charge in [0, 0.05) is 31.2 Å². The van der Waals surface area contributed by atoms with Gasteiger partial charge in [-0.2, -0.15) is 8.61 Å². The van der Waals surface area contributed by atoms with E-state index in [4.69, 9.17) is 0 Å². The minimum absolute atomic E-state index is 0.0358. The van der Waals surface area contributed by atoms with Crippen molar-refractivity contribution in [2.75, 3.05) is 19.6 Å². The molecule has 0 aliphatic carbocycles. The molecule has 1 aromatic heterocycles. The lowest BCUT2D eigenvalue weighted by atomic mass is 9.87. The summed E-state index contributed by atoms with van der Waals surface area (Å²) in [4.78, 5) is 16.2. The lowest BCUT2D eigenvalue weighted by Gasteiger charge is -2.37. The summed E-state index contributed by atoms with van der Waals surface area (Å²) in [6.45, 7) is 5.01. The van der Waals surface area contributed by atoms with E-state index in [0.717, 1.165) is 14.2 Å². The molecule has 1 atom stereocenters. The van der Waals surface area contributed by atoms with Crippen LogP contribution in [0.4, 0.5) is 0 Å². The van der Waals surface area contributed by atoms with Crippen molar-refractivity contribution in [3.63, 3.8) is 0 Å². The van der Waals surface area contributed by atoms with Crippen molar-refractivity contribution in [2.45, 2.75) is 42.0 Å². The van der Waals surface area contributed by atoms with Gasteiger partial charge in [-0.15, -0.1) is 0 Å². The summed E-state index contributed by atoms with van der Waals surface area (Å²) in [7, 11) is -8.29. The summed E-state index contributed by atoms with van der Waals surface area (Å²) in [6.07, 6.45) is 1.48. The third kappa shape index (κ3) is 4.68. The zero-order valence-corrected chi connectivity index (χ0v) is 21.3. The van der Waals surface area contributed by atoms with Crippen LogP contribution in [-0.2, 0) is 30.3 Å². The third-order valence-corrected chi connectivity index (χ3v) is 9.94. The predicted octanol–water partition coefficient (Wildman–Crippen LogP) is 2.68. The smallest absolute Gasteiger partial charge is 0.323 e. The number of aliphatic carboxylic acids is 1. The van der Waals surface area contributed by atoms with Crippen molar-refractivity contribution >= 4 is 36.9 Å². The number of hydrogen-bond acceptors (Lipinski definition) is 6. The molecule has 35 heavy (non-hydrogen) atoms. The normalized spacial score (nSPS) is 18.5. The molecule has 1 aliphatic rings. The second kappa shape index (κ2) is 8.98. The van der Waals surface area contributed by atoms with E-state index in [1.54, 1.807) is 36.4 Å². The molecule has 2 aromatic carbocycles. The number of fused-ring (bicyclic) bond motifs is 1. The Hall–Kier alpha value is -2.86. The molecule has 0 amide bonds. The van der Waals surface area contributed by atoms with E-state index in [2.05, 4.69) is 4.98 Å². The molecule has 1 N–H and O–H groups in total. The van der Waals surface area contributed by atoms with Gasteiger partial charge in [0.1, 0.15) is 10.9 Å². The van der Waals surface area contributed by atoms with Crippen LogP contribution in [0.1, 0.15) is 26.3 Å². The molecule has 4 rings (SSSR count). The minimum Gasteiger partial charge on any atom is -0.480 e. The fourth-order valence-electron chi connectivity index (χ4n) is 4.13. The highest BCUT2D eigenvalue weighted by molar-refractivity contribution is 7.89. The van der Waals surface area contributed by atoms with Crippen molar-refractivity contribution in [3.8, 4) is 0 Å². The summed E-state index contributed by atoms with van der Waals surface area (Å²) in [5, 5.41) is 10.5. The summed E-state index contributed by atoms with van der Waals surface area (Å²) >= 11 is 0. The Labute approximate surface area is 205 Å². The lowest BCUT2D eigenvalue weighted by Crippen LogP contribution is -2.59. The molecule has 186 valence electrons. The SMILES string of the molecule is CC(C)(C)c1ccc(S(=O)(=O)N2CCN(S(=O)(=O)c3cccc4cccnc34)C[C@@H]2C(=O)O)cc1. The number of carboxylic acid groups (broad SMARTS) is 1. The number of sulfonamides is 2. The quantitative estimate of drug-likeness (QED) is 0.552. The third-order valence-electron chi connectivity index (χ3n) is 6.12. The largest absolute Gasteiger partial charge is 0.480 e. The first-order valence-corrected chi connectivity index (χ1v) is 13.9. The van der Waals surface area contributed by atoms with E-state index in [1.807, 2.05) is 20.8 Å². The summed E-state index contributed by atoms with van der Waals surface area (Å²) in [5.74, 6) is -1.42. The van der Waals surface area contributed by atoms with E-state index >= 15 is 0 Å². The van der Waals surface area contributed by atoms with E-state index in [-0.39, 0.29) is 33.8 Å². The number of hydrogen-bond donors (Lipinski definition) is 1. The van der Waals surface area contributed by atoms with Crippen molar-refractivity contribution in [1.82, 2.24) is 13.6 Å². The van der Waals surface area contributed by atoms with Crippen LogP contribution in [0.2, 0.25) is 0 Å². The van der Waals surface area contributed by atoms with Gasteiger partial charge >= 0.3 is 5.97 Å². The Morgan fingerprint density at radius 3 is 2.23 bits per heavy atom. The summed E-state index contributed by atoms with van der Waals surface area (Å²) < 4.78 is 55.5. The van der Waals surface area contributed by atoms with Crippen molar-refractivity contribution in [1.29, 1.82) is 0 Å². The van der Waals surface area contributed by atoms with Crippen molar-refractivity contribution in [3.05, 3.63) is 66.4 Å². The maximum absolute atomic E-state index is 13.5. The van der Waals surface area contributed by atoms with Crippen molar-refractivity contribution in [2.24, 2.45) is 0 Å². The van der Waals surface area contributed by atoms with Gasteiger partial charge in [-0.1, -0.05) is 51.1 Å². The van der Waals surface area contributed by atoms with E-state index in [9.17, 15) is 26.7 Å². The fourth-order valence-corrected chi connectivity index (χ4v) is 7.30. The average molecular weight is 518 g/mol. The van der Waals surface area contributed by atoms with E-state index in [1.165, 1.54) is 24.4 Å². The monoisotopic (exact) mass is 517 g/mol. The number of para-hydroxylation sites is 1. The number of rotatable bonds is 5. The highest BCUT2D eigenvalue weighted by atomic mass is 32.2. The van der Waals surface area contributed by atoms with Gasteiger partial charge in [0.05, 0.1) is 10.4 Å². The number of benzene rings is 2. The molecular weight excluding hydrogens is 490 g/mol. The second-order valence-corrected chi connectivity index (χ2v) is 13.2. The molecule has 0 unspecified atom stereocenters. The van der Waals surface area contributed by atoms with Crippen LogP contribution >= 0.6 is 0 Å². The average Bonchev–Trinajstić information content (AvgIpc) is 2.82. The Balaban J connectivity index is 1.66. The predicted molar refractivity (Wildman–Crippen MR) is 131 cm³/mol. The number of aromatic nitrogens is 1. The minimum atomic E-state index is -4.17. The van der Waals surface area contributed by atoms with Crippen LogP contribution < -0.4 is 0 Å². The first kappa shape index (κ1) is 25.2. The van der Waals surface area contributed by atoms with Crippen LogP contribution in [0.3, 0.4) is 0 Å². The van der Waals surface area contributed by atoms with E-state index < -0.39 is 38.6 Å². The first-order valence-electron chi connectivity index (χ1n) is 11.0. The summed E-state index contributed by atoms with van der Waals surface area (Å²) in [5.41, 5.74) is 1.03. The molecule has 0 saturated carbocycles. The fraction of sp³-hybridized carbons (Fsp3) is 0.333. The maximum atomic E-state index is 13.5. The highest BCUT2D eigenvalue weighted by Gasteiger charge is 2.44. The Morgan fingerprint density at radius 1 is 0.943 bits per heavy atom. The van der Waals surface area contributed by atoms with Crippen molar-refractivity contribution < 1.29 is 26.7 Å². The number of piperazine rings is 1. The number of pyridine rings is 1. The molecule has 0 radical (unpaired) electrons. The van der Waals surface area contributed by atoms with Gasteiger partial charge in [-0.05, 0) is 35.2 Å². The summed E-state index contributed by atoms with van der Waals surface area (Å²) in [6, 6.07) is 12.9. The molecule has 1 aliphatic heterocycles. The topological polar surface area (TPSA) is 125 Å². The van der Waals surface area contributed by atoms with Crippen LogP contribution in [0.5, 0.6) is 0 Å². The number of nitrogens with zero attached hydrogens (tertiary/aromatic N) is 3. The van der Waals surface area contributed by atoms with Crippen LogP contribution in [-0.4, -0.2) is 67.2 Å². The van der Waals surface area contributed by atoms with Gasteiger partial charge in [-0.3, -0.25) is 9.78 Å². The molecular formula is C24H27N3O6S2. The van der Waals surface area contributed by atoms with Crippen LogP contribution in [0.25, 0.3) is 10.9 Å². The molecule has 9 nitrogen and oxygen atoms in total. The molecule has 0 bridgehead atoms. The van der Waals surface area contributed by atoms with E-state index in [0.29, 0.717) is 5.39 Å². The Morgan fingerprint density at radius 2 is 1.60 bits per heavy atom. The number of carboxylic acids is 1. The maximum Gasteiger partial charge on any atom is 0.323 e. The highest BCUT2D eigenvalue weighted by Crippen LogP contribution is 2.29. The van der Waals surface area contributed by atoms with Gasteiger partial charge in [0.25, 0.3) is 0 Å². The molecule has 1 saturated heterocycles. The lowest BCUT2D eigenvalue weighted by molar-refractivity contribution is -0.142. The van der Waals surface area contributed by atoms with Gasteiger partial charge < -0.3 is 5.11 Å². The first-order chi connectivity index (χ1) is 16.3. The standard InChI is InChI=1S/C24H27N3O6S2/c1-24(2,3)18-9-11-19(12-10-18)34(30,31)27-15-14-26(16-20(27)23(28)29)35(32,33)21-8-4-6-17-7-5-13-25-22(17)21/h4-13,20H,14-16H2,1-3H3,(H,28,29)/t20-/m1/s1. The van der Waals surface area contributed by atoms with Gasteiger partial charge in [0.15, 0.2) is 0 Å². The van der Waals surface area contributed by atoms with Gasteiger partial charge in [0.2, 0.25) is 20.0 Å². The Bertz CT molecular complexity index is 1470. The molecule has 3 aromatic rings. The zero-order chi connectivity index (χ0) is 25.6. The van der Waals surface area contributed by atoms with Crippen LogP contribution in [0, 0.1) is 0 Å². The Kier molecular flexibility index (Phi) is 6.47. The van der Waals surface area contributed by atoms with Gasteiger partial charge in [-0.25, -0.2) is 16.8 Å². The molecule has 0 spiro atoms. The second-order valence-electron chi connectivity index (χ2n) is 9.44. The van der Waals surface area contributed by atoms with Crippen LogP contribution in [0.15, 0.2) is 70.6 Å². The molecule has 2 heterocycles. The molecule has 1 fully saturated rings. The zero-order valence-electron chi connectivity index (χ0n) is 19.6. The molecule has 11 heteroatoms.